The Kier molecular flexibility index (Phi) is 4.29. The normalized spacial score (nSPS) is 10.6. The monoisotopic (exact) mass is 434 g/mol. The number of rotatable bonds is 2. The lowest BCUT2D eigenvalue weighted by Gasteiger charge is -2.08. The van der Waals surface area contributed by atoms with Crippen LogP contribution >= 0.6 is 47.8 Å². The Morgan fingerprint density at radius 1 is 1.06 bits per heavy atom. The standard InChI is InChI=1S/C12H9Br3N2O/c13-8-1-7(2-10(16)3-8)5-17-6-9(14)4-11(15)12(17)18/h1-4,6H,5,16H2. The number of aromatic nitrogens is 1. The van der Waals surface area contributed by atoms with Crippen molar-refractivity contribution in [3.63, 3.8) is 0 Å². The lowest BCUT2D eigenvalue weighted by molar-refractivity contribution is 0.751. The van der Waals surface area contributed by atoms with Crippen LogP contribution in [-0.4, -0.2) is 4.57 Å². The van der Waals surface area contributed by atoms with Crippen LogP contribution < -0.4 is 11.3 Å². The van der Waals surface area contributed by atoms with Crippen LogP contribution in [0, 0.1) is 0 Å². The van der Waals surface area contributed by atoms with Gasteiger partial charge in [-0.05, 0) is 61.7 Å². The van der Waals surface area contributed by atoms with Crippen molar-refractivity contribution in [1.29, 1.82) is 0 Å². The lowest BCUT2D eigenvalue weighted by atomic mass is 10.2. The Bertz CT molecular complexity index is 632. The highest BCUT2D eigenvalue weighted by molar-refractivity contribution is 9.11. The van der Waals surface area contributed by atoms with Crippen molar-refractivity contribution < 1.29 is 0 Å². The lowest BCUT2D eigenvalue weighted by Crippen LogP contribution is -2.20. The predicted molar refractivity (Wildman–Crippen MR) is 83.8 cm³/mol. The first-order chi connectivity index (χ1) is 8.45. The number of nitrogen functional groups attached to an aromatic ring is 1. The molecular formula is C12H9Br3N2O. The van der Waals surface area contributed by atoms with E-state index in [1.165, 1.54) is 0 Å². The molecule has 3 nitrogen and oxygen atoms in total. The van der Waals surface area contributed by atoms with E-state index in [2.05, 4.69) is 47.8 Å². The fourth-order valence-electron chi connectivity index (χ4n) is 1.65. The molecule has 0 spiro atoms. The number of nitrogens with zero attached hydrogens (tertiary/aromatic N) is 1. The zero-order valence-electron chi connectivity index (χ0n) is 9.16. The number of pyridine rings is 1. The maximum Gasteiger partial charge on any atom is 0.265 e. The van der Waals surface area contributed by atoms with Crippen LogP contribution in [0.2, 0.25) is 0 Å². The molecule has 2 aromatic rings. The summed E-state index contributed by atoms with van der Waals surface area (Å²) in [7, 11) is 0. The van der Waals surface area contributed by atoms with Crippen LogP contribution in [0.25, 0.3) is 0 Å². The van der Waals surface area contributed by atoms with Crippen molar-refractivity contribution in [2.24, 2.45) is 0 Å². The SMILES string of the molecule is Nc1cc(Br)cc(Cn2cc(Br)cc(Br)c2=O)c1. The highest BCUT2D eigenvalue weighted by Gasteiger charge is 2.05. The molecule has 1 aromatic heterocycles. The molecule has 1 aromatic carbocycles. The number of anilines is 1. The molecule has 0 amide bonds. The molecule has 0 saturated carbocycles. The first-order valence-corrected chi connectivity index (χ1v) is 7.44. The topological polar surface area (TPSA) is 48.0 Å². The first-order valence-electron chi connectivity index (χ1n) is 5.06. The molecule has 0 bridgehead atoms. The zero-order chi connectivity index (χ0) is 13.3. The van der Waals surface area contributed by atoms with E-state index in [1.807, 2.05) is 18.2 Å². The van der Waals surface area contributed by atoms with Gasteiger partial charge in [-0.3, -0.25) is 4.79 Å². The number of hydrogen-bond acceptors (Lipinski definition) is 2. The van der Waals surface area contributed by atoms with E-state index in [4.69, 9.17) is 5.73 Å². The second-order valence-electron chi connectivity index (χ2n) is 3.83. The molecule has 0 atom stereocenters. The Hall–Kier alpha value is -0.590. The minimum Gasteiger partial charge on any atom is -0.399 e. The fourth-order valence-corrected chi connectivity index (χ4v) is 3.46. The van der Waals surface area contributed by atoms with Crippen molar-refractivity contribution in [3.05, 3.63) is 59.8 Å². The number of hydrogen-bond donors (Lipinski definition) is 1. The molecule has 1 heterocycles. The fraction of sp³-hybridized carbons (Fsp3) is 0.0833. The average Bonchev–Trinajstić information content (AvgIpc) is 2.23. The van der Waals surface area contributed by atoms with Crippen LogP contribution in [0.5, 0.6) is 0 Å². The molecule has 0 saturated heterocycles. The highest BCUT2D eigenvalue weighted by atomic mass is 79.9. The van der Waals surface area contributed by atoms with Gasteiger partial charge in [-0.15, -0.1) is 0 Å². The minimum atomic E-state index is -0.0725. The molecule has 0 fully saturated rings. The summed E-state index contributed by atoms with van der Waals surface area (Å²) < 4.78 is 3.89. The van der Waals surface area contributed by atoms with Gasteiger partial charge in [-0.25, -0.2) is 0 Å². The summed E-state index contributed by atoms with van der Waals surface area (Å²) in [6.45, 7) is 0.473. The average molecular weight is 437 g/mol. The number of nitrogens with two attached hydrogens (primary N) is 1. The maximum atomic E-state index is 11.9. The summed E-state index contributed by atoms with van der Waals surface area (Å²) in [5.41, 5.74) is 7.34. The Morgan fingerprint density at radius 2 is 1.78 bits per heavy atom. The summed E-state index contributed by atoms with van der Waals surface area (Å²) in [5.74, 6) is 0. The van der Waals surface area contributed by atoms with E-state index >= 15 is 0 Å². The molecule has 0 aliphatic carbocycles. The van der Waals surface area contributed by atoms with Gasteiger partial charge in [0.2, 0.25) is 0 Å². The molecule has 0 aliphatic rings. The quantitative estimate of drug-likeness (QED) is 0.728. The predicted octanol–water partition coefficient (Wildman–Crippen LogP) is 3.77. The largest absolute Gasteiger partial charge is 0.399 e. The van der Waals surface area contributed by atoms with Crippen LogP contribution in [0.1, 0.15) is 5.56 Å². The van der Waals surface area contributed by atoms with Gasteiger partial charge < -0.3 is 10.3 Å². The third kappa shape index (κ3) is 3.24. The molecule has 18 heavy (non-hydrogen) atoms. The van der Waals surface area contributed by atoms with Crippen molar-refractivity contribution in [3.8, 4) is 0 Å². The Balaban J connectivity index is 2.43. The smallest absolute Gasteiger partial charge is 0.265 e. The second-order valence-corrected chi connectivity index (χ2v) is 6.52. The van der Waals surface area contributed by atoms with Gasteiger partial charge in [0.15, 0.2) is 0 Å². The van der Waals surface area contributed by atoms with Crippen molar-refractivity contribution in [2.75, 3.05) is 5.73 Å². The number of benzene rings is 1. The third-order valence-corrected chi connectivity index (χ3v) is 3.80. The van der Waals surface area contributed by atoms with Gasteiger partial charge in [0, 0.05) is 20.8 Å². The summed E-state index contributed by atoms with van der Waals surface area (Å²) in [6.07, 6.45) is 1.75. The summed E-state index contributed by atoms with van der Waals surface area (Å²) in [4.78, 5) is 11.9. The van der Waals surface area contributed by atoms with Gasteiger partial charge in [-0.1, -0.05) is 15.9 Å². The van der Waals surface area contributed by atoms with Gasteiger partial charge >= 0.3 is 0 Å². The molecule has 0 aliphatic heterocycles. The van der Waals surface area contributed by atoms with Crippen LogP contribution in [0.15, 0.2) is 48.7 Å². The summed E-state index contributed by atoms with van der Waals surface area (Å²) >= 11 is 10.00. The zero-order valence-corrected chi connectivity index (χ0v) is 13.9. The molecular weight excluding hydrogens is 428 g/mol. The Morgan fingerprint density at radius 3 is 2.44 bits per heavy atom. The van der Waals surface area contributed by atoms with Gasteiger partial charge in [0.1, 0.15) is 0 Å². The minimum absolute atomic E-state index is 0.0725. The molecule has 0 unspecified atom stereocenters. The molecule has 2 rings (SSSR count). The van der Waals surface area contributed by atoms with E-state index < -0.39 is 0 Å². The van der Waals surface area contributed by atoms with E-state index in [1.54, 1.807) is 16.8 Å². The molecule has 0 radical (unpaired) electrons. The van der Waals surface area contributed by atoms with E-state index in [-0.39, 0.29) is 5.56 Å². The van der Waals surface area contributed by atoms with E-state index in [0.717, 1.165) is 14.5 Å². The van der Waals surface area contributed by atoms with Crippen LogP contribution in [0.3, 0.4) is 0 Å². The number of halogens is 3. The second kappa shape index (κ2) is 5.59. The van der Waals surface area contributed by atoms with Gasteiger partial charge in [0.25, 0.3) is 5.56 Å². The summed E-state index contributed by atoms with van der Waals surface area (Å²) in [5, 5.41) is 0. The van der Waals surface area contributed by atoms with Crippen molar-refractivity contribution in [2.45, 2.75) is 6.54 Å². The Labute approximate surface area is 129 Å². The maximum absolute atomic E-state index is 11.9. The summed E-state index contributed by atoms with van der Waals surface area (Å²) in [6, 6.07) is 7.35. The van der Waals surface area contributed by atoms with Gasteiger partial charge in [-0.2, -0.15) is 0 Å². The molecule has 6 heteroatoms. The highest BCUT2D eigenvalue weighted by Crippen LogP contribution is 2.19. The van der Waals surface area contributed by atoms with E-state index in [9.17, 15) is 4.79 Å². The molecule has 94 valence electrons. The van der Waals surface area contributed by atoms with Crippen molar-refractivity contribution >= 4 is 53.5 Å². The van der Waals surface area contributed by atoms with E-state index in [0.29, 0.717) is 16.7 Å². The third-order valence-electron chi connectivity index (χ3n) is 2.34. The molecule has 2 N–H and O–H groups in total. The van der Waals surface area contributed by atoms with Crippen LogP contribution in [-0.2, 0) is 6.54 Å². The van der Waals surface area contributed by atoms with Gasteiger partial charge in [0.05, 0.1) is 11.0 Å². The van der Waals surface area contributed by atoms with Crippen molar-refractivity contribution in [1.82, 2.24) is 4.57 Å². The first kappa shape index (κ1) is 13.8. The van der Waals surface area contributed by atoms with Crippen LogP contribution in [0.4, 0.5) is 5.69 Å².